The molecule has 2 fully saturated rings. The topological polar surface area (TPSA) is 55.1 Å². The Morgan fingerprint density at radius 2 is 2.07 bits per heavy atom. The molecular formula is C12H22N2O. The Kier molecular flexibility index (Phi) is 2.75. The molecule has 2 rings (SSSR count). The highest BCUT2D eigenvalue weighted by molar-refractivity contribution is 5.85. The maximum Gasteiger partial charge on any atom is 0.227 e. The lowest BCUT2D eigenvalue weighted by molar-refractivity contribution is -0.127. The first-order chi connectivity index (χ1) is 7.09. The van der Waals surface area contributed by atoms with Crippen LogP contribution in [0.25, 0.3) is 0 Å². The Balaban J connectivity index is 1.90. The standard InChI is InChI=1S/C12H22N2O/c1-8-3-4-10(9(8)2)14-11(15)12(7-13)5-6-12/h8-10H,3-7,13H2,1-2H3,(H,14,15). The van der Waals surface area contributed by atoms with Crippen molar-refractivity contribution in [1.29, 1.82) is 0 Å². The van der Waals surface area contributed by atoms with E-state index in [4.69, 9.17) is 5.73 Å². The van der Waals surface area contributed by atoms with Crippen molar-refractivity contribution < 1.29 is 4.79 Å². The van der Waals surface area contributed by atoms with Gasteiger partial charge in [-0.3, -0.25) is 4.79 Å². The second-order valence-corrected chi connectivity index (χ2v) is 5.48. The summed E-state index contributed by atoms with van der Waals surface area (Å²) in [5.41, 5.74) is 5.46. The van der Waals surface area contributed by atoms with Gasteiger partial charge in [0.25, 0.3) is 0 Å². The van der Waals surface area contributed by atoms with Crippen molar-refractivity contribution in [3.63, 3.8) is 0 Å². The third-order valence-corrected chi connectivity index (χ3v) is 4.51. The van der Waals surface area contributed by atoms with Gasteiger partial charge >= 0.3 is 0 Å². The Morgan fingerprint density at radius 3 is 2.47 bits per heavy atom. The number of carbonyl (C=O) groups is 1. The molecule has 2 aliphatic rings. The van der Waals surface area contributed by atoms with Crippen molar-refractivity contribution in [3.05, 3.63) is 0 Å². The summed E-state index contributed by atoms with van der Waals surface area (Å²) in [6.45, 7) is 5.02. The molecule has 2 saturated carbocycles. The van der Waals surface area contributed by atoms with Crippen LogP contribution >= 0.6 is 0 Å². The molecule has 3 atom stereocenters. The Hall–Kier alpha value is -0.570. The van der Waals surface area contributed by atoms with Gasteiger partial charge in [-0.25, -0.2) is 0 Å². The van der Waals surface area contributed by atoms with Gasteiger partial charge in [0.05, 0.1) is 5.41 Å². The van der Waals surface area contributed by atoms with Gasteiger partial charge in [-0.2, -0.15) is 0 Å². The van der Waals surface area contributed by atoms with Crippen LogP contribution in [-0.4, -0.2) is 18.5 Å². The van der Waals surface area contributed by atoms with E-state index in [0.717, 1.165) is 25.2 Å². The molecule has 3 unspecified atom stereocenters. The molecule has 0 aromatic heterocycles. The molecule has 0 aromatic carbocycles. The summed E-state index contributed by atoms with van der Waals surface area (Å²) in [5.74, 6) is 1.56. The maximum atomic E-state index is 12.0. The molecule has 3 nitrogen and oxygen atoms in total. The lowest BCUT2D eigenvalue weighted by atomic mass is 9.97. The molecular weight excluding hydrogens is 188 g/mol. The highest BCUT2D eigenvalue weighted by Crippen LogP contribution is 2.45. The molecule has 0 spiro atoms. The first-order valence-electron chi connectivity index (χ1n) is 6.10. The van der Waals surface area contributed by atoms with Gasteiger partial charge < -0.3 is 11.1 Å². The average molecular weight is 210 g/mol. The van der Waals surface area contributed by atoms with Gasteiger partial charge in [-0.05, 0) is 37.5 Å². The van der Waals surface area contributed by atoms with E-state index in [1.54, 1.807) is 0 Å². The second kappa shape index (κ2) is 3.78. The Labute approximate surface area is 91.8 Å². The number of rotatable bonds is 3. The minimum Gasteiger partial charge on any atom is -0.353 e. The van der Waals surface area contributed by atoms with Crippen LogP contribution in [0.1, 0.15) is 39.5 Å². The molecule has 3 N–H and O–H groups in total. The van der Waals surface area contributed by atoms with Crippen molar-refractivity contribution in [2.75, 3.05) is 6.54 Å². The SMILES string of the molecule is CC1CCC(NC(=O)C2(CN)CC2)C1C. The van der Waals surface area contributed by atoms with Crippen molar-refractivity contribution in [1.82, 2.24) is 5.32 Å². The van der Waals surface area contributed by atoms with Crippen LogP contribution in [0, 0.1) is 17.3 Å². The normalized spacial score (nSPS) is 37.7. The number of hydrogen-bond donors (Lipinski definition) is 2. The summed E-state index contributed by atoms with van der Waals surface area (Å²) in [7, 11) is 0. The average Bonchev–Trinajstić information content (AvgIpc) is 2.97. The van der Waals surface area contributed by atoms with Crippen LogP contribution < -0.4 is 11.1 Å². The van der Waals surface area contributed by atoms with E-state index in [1.807, 2.05) is 0 Å². The summed E-state index contributed by atoms with van der Waals surface area (Å²) in [4.78, 5) is 12.0. The smallest absolute Gasteiger partial charge is 0.227 e. The lowest BCUT2D eigenvalue weighted by Crippen LogP contribution is -2.43. The third kappa shape index (κ3) is 1.89. The summed E-state index contributed by atoms with van der Waals surface area (Å²) < 4.78 is 0. The molecule has 0 heterocycles. The van der Waals surface area contributed by atoms with Crippen molar-refractivity contribution >= 4 is 5.91 Å². The van der Waals surface area contributed by atoms with E-state index in [-0.39, 0.29) is 11.3 Å². The van der Waals surface area contributed by atoms with Gasteiger partial charge in [0.15, 0.2) is 0 Å². The number of hydrogen-bond acceptors (Lipinski definition) is 2. The van der Waals surface area contributed by atoms with Crippen molar-refractivity contribution in [3.8, 4) is 0 Å². The predicted molar refractivity (Wildman–Crippen MR) is 60.2 cm³/mol. The maximum absolute atomic E-state index is 12.0. The van der Waals surface area contributed by atoms with E-state index in [2.05, 4.69) is 19.2 Å². The molecule has 1 amide bonds. The summed E-state index contributed by atoms with van der Waals surface area (Å²) in [5, 5.41) is 3.19. The molecule has 86 valence electrons. The first kappa shape index (κ1) is 10.9. The quantitative estimate of drug-likeness (QED) is 0.737. The van der Waals surface area contributed by atoms with Crippen LogP contribution in [0.4, 0.5) is 0 Å². The minimum absolute atomic E-state index is 0.189. The Morgan fingerprint density at radius 1 is 1.40 bits per heavy atom. The molecule has 2 aliphatic carbocycles. The van der Waals surface area contributed by atoms with Gasteiger partial charge in [-0.15, -0.1) is 0 Å². The molecule has 0 radical (unpaired) electrons. The fourth-order valence-electron chi connectivity index (χ4n) is 2.56. The number of amides is 1. The lowest BCUT2D eigenvalue weighted by Gasteiger charge is -2.22. The zero-order valence-corrected chi connectivity index (χ0v) is 9.75. The minimum atomic E-state index is -0.189. The molecule has 0 aromatic rings. The van der Waals surface area contributed by atoms with E-state index in [9.17, 15) is 4.79 Å². The van der Waals surface area contributed by atoms with Gasteiger partial charge in [-0.1, -0.05) is 13.8 Å². The van der Waals surface area contributed by atoms with Crippen molar-refractivity contribution in [2.45, 2.75) is 45.6 Å². The first-order valence-corrected chi connectivity index (χ1v) is 6.10. The van der Waals surface area contributed by atoms with Crippen LogP contribution in [-0.2, 0) is 4.79 Å². The van der Waals surface area contributed by atoms with E-state index in [0.29, 0.717) is 18.5 Å². The Bertz CT molecular complexity index is 260. The summed E-state index contributed by atoms with van der Waals surface area (Å²) in [6, 6.07) is 0.386. The van der Waals surface area contributed by atoms with Crippen molar-refractivity contribution in [2.24, 2.45) is 23.0 Å². The predicted octanol–water partition coefficient (Wildman–Crippen LogP) is 1.28. The zero-order valence-electron chi connectivity index (χ0n) is 9.75. The van der Waals surface area contributed by atoms with Crippen LogP contribution in [0.3, 0.4) is 0 Å². The summed E-state index contributed by atoms with van der Waals surface area (Å²) in [6.07, 6.45) is 4.33. The highest BCUT2D eigenvalue weighted by Gasteiger charge is 2.49. The summed E-state index contributed by atoms with van der Waals surface area (Å²) >= 11 is 0. The van der Waals surface area contributed by atoms with Gasteiger partial charge in [0.2, 0.25) is 5.91 Å². The largest absolute Gasteiger partial charge is 0.353 e. The molecule has 3 heteroatoms. The highest BCUT2D eigenvalue weighted by atomic mass is 16.2. The molecule has 0 saturated heterocycles. The number of nitrogens with two attached hydrogens (primary N) is 1. The third-order valence-electron chi connectivity index (χ3n) is 4.51. The van der Waals surface area contributed by atoms with Crippen LogP contribution in [0.15, 0.2) is 0 Å². The number of nitrogens with one attached hydrogen (secondary N) is 1. The van der Waals surface area contributed by atoms with Gasteiger partial charge in [0.1, 0.15) is 0 Å². The van der Waals surface area contributed by atoms with E-state index >= 15 is 0 Å². The molecule has 0 aliphatic heterocycles. The van der Waals surface area contributed by atoms with Gasteiger partial charge in [0, 0.05) is 12.6 Å². The van der Waals surface area contributed by atoms with Crippen LogP contribution in [0.5, 0.6) is 0 Å². The monoisotopic (exact) mass is 210 g/mol. The fourth-order valence-corrected chi connectivity index (χ4v) is 2.56. The van der Waals surface area contributed by atoms with E-state index in [1.165, 1.54) is 6.42 Å². The number of carbonyl (C=O) groups excluding carboxylic acids is 1. The molecule has 0 bridgehead atoms. The van der Waals surface area contributed by atoms with Crippen LogP contribution in [0.2, 0.25) is 0 Å². The fraction of sp³-hybridized carbons (Fsp3) is 0.917. The van der Waals surface area contributed by atoms with E-state index < -0.39 is 0 Å². The second-order valence-electron chi connectivity index (χ2n) is 5.48. The molecule has 15 heavy (non-hydrogen) atoms. The zero-order chi connectivity index (χ0) is 11.1.